The van der Waals surface area contributed by atoms with Gasteiger partial charge in [-0.25, -0.2) is 8.42 Å². The Morgan fingerprint density at radius 3 is 2.07 bits per heavy atom. The van der Waals surface area contributed by atoms with Gasteiger partial charge in [-0.15, -0.1) is 0 Å². The zero-order valence-electron chi connectivity index (χ0n) is 16.9. The van der Waals surface area contributed by atoms with Crippen molar-refractivity contribution in [3.05, 3.63) is 71.9 Å². The highest BCUT2D eigenvalue weighted by Gasteiger charge is 2.39. The molecule has 0 radical (unpaired) electrons. The highest BCUT2D eigenvalue weighted by molar-refractivity contribution is 7.89. The van der Waals surface area contributed by atoms with E-state index in [1.165, 1.54) is 6.20 Å². The second kappa shape index (κ2) is 7.90. The summed E-state index contributed by atoms with van der Waals surface area (Å²) >= 11 is 0. The van der Waals surface area contributed by atoms with Crippen LogP contribution in [0.4, 0.5) is 0 Å². The molecule has 0 saturated heterocycles. The van der Waals surface area contributed by atoms with E-state index in [1.54, 1.807) is 24.3 Å². The van der Waals surface area contributed by atoms with E-state index in [-0.39, 0.29) is 9.93 Å². The molecule has 0 saturated carbocycles. The number of hydrogen-bond acceptors (Lipinski definition) is 3. The number of nitrogens with one attached hydrogen (secondary N) is 1. The second-order valence-electron chi connectivity index (χ2n) is 8.17. The van der Waals surface area contributed by atoms with E-state index in [9.17, 15) is 8.42 Å². The molecule has 0 bridgehead atoms. The molecule has 0 aliphatic heterocycles. The molecule has 1 N–H and O–H groups in total. The van der Waals surface area contributed by atoms with Crippen LogP contribution in [0.2, 0.25) is 18.1 Å². The topological polar surface area (TPSA) is 55.4 Å². The summed E-state index contributed by atoms with van der Waals surface area (Å²) in [4.78, 5) is 0.226. The van der Waals surface area contributed by atoms with E-state index in [1.807, 2.05) is 37.3 Å². The number of rotatable bonds is 6. The van der Waals surface area contributed by atoms with Crippen molar-refractivity contribution in [3.63, 3.8) is 0 Å². The Labute approximate surface area is 164 Å². The van der Waals surface area contributed by atoms with Gasteiger partial charge in [-0.05, 0) is 37.2 Å². The van der Waals surface area contributed by atoms with Gasteiger partial charge in [-0.2, -0.15) is 0 Å². The minimum Gasteiger partial charge on any atom is -0.542 e. The molecule has 2 aromatic rings. The van der Waals surface area contributed by atoms with Crippen LogP contribution < -0.4 is 4.72 Å². The zero-order valence-corrected chi connectivity index (χ0v) is 18.7. The number of hydrogen-bond donors (Lipinski definition) is 1. The molecular formula is C21H29NO3SSi. The summed E-state index contributed by atoms with van der Waals surface area (Å²) in [7, 11) is -5.80. The molecule has 0 heterocycles. The fourth-order valence-electron chi connectivity index (χ4n) is 2.12. The standard InChI is InChI=1S/C21H29NO3SSi/c1-17-12-14-19(15-13-17)26(23,24)22-16-20(18-10-8-7-9-11-18)25-27(5,6)21(2,3)4/h7-16,22H,1-6H3/b20-16+. The first-order valence-corrected chi connectivity index (χ1v) is 13.4. The van der Waals surface area contributed by atoms with E-state index in [2.05, 4.69) is 38.6 Å². The fraction of sp³-hybridized carbons (Fsp3) is 0.333. The van der Waals surface area contributed by atoms with Crippen LogP contribution in [0.1, 0.15) is 31.9 Å². The van der Waals surface area contributed by atoms with Crippen LogP contribution in [-0.2, 0) is 14.4 Å². The summed E-state index contributed by atoms with van der Waals surface area (Å²) in [5, 5.41) is -0.00327. The lowest BCUT2D eigenvalue weighted by Crippen LogP contribution is -2.40. The maximum absolute atomic E-state index is 12.6. The van der Waals surface area contributed by atoms with Gasteiger partial charge < -0.3 is 4.43 Å². The molecule has 0 spiro atoms. The lowest BCUT2D eigenvalue weighted by Gasteiger charge is -2.37. The fourth-order valence-corrected chi connectivity index (χ4v) is 4.04. The Kier molecular flexibility index (Phi) is 6.22. The summed E-state index contributed by atoms with van der Waals surface area (Å²) in [5.41, 5.74) is 1.85. The average Bonchev–Trinajstić information content (AvgIpc) is 2.59. The second-order valence-corrected chi connectivity index (χ2v) is 14.6. The molecule has 0 unspecified atom stereocenters. The SMILES string of the molecule is Cc1ccc(S(=O)(=O)N/C=C(/O[Si](C)(C)C(C)(C)C)c2ccccc2)cc1. The highest BCUT2D eigenvalue weighted by atomic mass is 32.2. The minimum atomic E-state index is -3.66. The molecule has 0 aliphatic rings. The van der Waals surface area contributed by atoms with E-state index >= 15 is 0 Å². The Balaban J connectivity index is 2.37. The van der Waals surface area contributed by atoms with E-state index in [0.29, 0.717) is 5.76 Å². The maximum Gasteiger partial charge on any atom is 0.261 e. The zero-order chi connectivity index (χ0) is 20.3. The Hall–Kier alpha value is -2.05. The number of aryl methyl sites for hydroxylation is 1. The molecule has 0 aromatic heterocycles. The van der Waals surface area contributed by atoms with Crippen molar-refractivity contribution in [3.8, 4) is 0 Å². The van der Waals surface area contributed by atoms with Gasteiger partial charge in [0.2, 0.25) is 0 Å². The maximum atomic E-state index is 12.6. The molecule has 2 aromatic carbocycles. The molecule has 0 aliphatic carbocycles. The van der Waals surface area contributed by atoms with Crippen molar-refractivity contribution in [2.24, 2.45) is 0 Å². The first kappa shape index (κ1) is 21.2. The van der Waals surface area contributed by atoms with Gasteiger partial charge in [0.05, 0.1) is 11.1 Å². The van der Waals surface area contributed by atoms with Crippen LogP contribution in [-0.4, -0.2) is 16.7 Å². The van der Waals surface area contributed by atoms with E-state index in [4.69, 9.17) is 4.43 Å². The lowest BCUT2D eigenvalue weighted by molar-refractivity contribution is 0.456. The van der Waals surface area contributed by atoms with Crippen molar-refractivity contribution in [2.75, 3.05) is 0 Å². The van der Waals surface area contributed by atoms with Crippen LogP contribution in [0.3, 0.4) is 0 Å². The van der Waals surface area contributed by atoms with Crippen molar-refractivity contribution >= 4 is 24.1 Å². The Morgan fingerprint density at radius 2 is 1.56 bits per heavy atom. The lowest BCUT2D eigenvalue weighted by atomic mass is 10.2. The molecule has 0 atom stereocenters. The van der Waals surface area contributed by atoms with Gasteiger partial charge in [0.25, 0.3) is 18.3 Å². The molecule has 4 nitrogen and oxygen atoms in total. The summed E-state index contributed by atoms with van der Waals surface area (Å²) < 4.78 is 34.3. The van der Waals surface area contributed by atoms with Crippen molar-refractivity contribution in [2.45, 2.75) is 50.7 Å². The Bertz CT molecular complexity index is 897. The first-order chi connectivity index (χ1) is 12.4. The number of benzene rings is 2. The van der Waals surface area contributed by atoms with E-state index in [0.717, 1.165) is 11.1 Å². The van der Waals surface area contributed by atoms with Gasteiger partial charge in [-0.1, -0.05) is 68.8 Å². The molecule has 146 valence electrons. The Morgan fingerprint density at radius 1 is 1.00 bits per heavy atom. The van der Waals surface area contributed by atoms with Gasteiger partial charge in [-0.3, -0.25) is 4.72 Å². The minimum absolute atomic E-state index is 0.00327. The summed E-state index contributed by atoms with van der Waals surface area (Å²) in [5.74, 6) is 0.540. The van der Waals surface area contributed by atoms with Crippen molar-refractivity contribution < 1.29 is 12.8 Å². The number of sulfonamides is 1. The van der Waals surface area contributed by atoms with Gasteiger partial charge >= 0.3 is 0 Å². The largest absolute Gasteiger partial charge is 0.542 e. The van der Waals surface area contributed by atoms with Gasteiger partial charge in [0.15, 0.2) is 0 Å². The third-order valence-corrected chi connectivity index (χ3v) is 10.6. The molecule has 2 rings (SSSR count). The van der Waals surface area contributed by atoms with Crippen LogP contribution in [0.25, 0.3) is 5.76 Å². The van der Waals surface area contributed by atoms with Gasteiger partial charge in [0, 0.05) is 5.56 Å². The molecule has 0 fully saturated rings. The smallest absolute Gasteiger partial charge is 0.261 e. The predicted octanol–water partition coefficient (Wildman–Crippen LogP) is 5.29. The van der Waals surface area contributed by atoms with Crippen LogP contribution in [0, 0.1) is 6.92 Å². The first-order valence-electron chi connectivity index (χ1n) is 8.96. The summed E-state index contributed by atoms with van der Waals surface area (Å²) in [6.07, 6.45) is 1.46. The third kappa shape index (κ3) is 5.46. The van der Waals surface area contributed by atoms with Crippen LogP contribution >= 0.6 is 0 Å². The van der Waals surface area contributed by atoms with Crippen LogP contribution in [0.5, 0.6) is 0 Å². The molecule has 0 amide bonds. The van der Waals surface area contributed by atoms with Crippen molar-refractivity contribution in [1.82, 2.24) is 4.72 Å². The quantitative estimate of drug-likeness (QED) is 0.526. The van der Waals surface area contributed by atoms with Gasteiger partial charge in [0.1, 0.15) is 5.76 Å². The normalized spacial score (nSPS) is 13.3. The predicted molar refractivity (Wildman–Crippen MR) is 114 cm³/mol. The third-order valence-electron chi connectivity index (χ3n) is 4.91. The monoisotopic (exact) mass is 403 g/mol. The summed E-state index contributed by atoms with van der Waals surface area (Å²) in [6, 6.07) is 16.3. The summed E-state index contributed by atoms with van der Waals surface area (Å²) in [6.45, 7) is 12.6. The molecular weight excluding hydrogens is 374 g/mol. The average molecular weight is 404 g/mol. The van der Waals surface area contributed by atoms with Crippen molar-refractivity contribution in [1.29, 1.82) is 0 Å². The molecule has 6 heteroatoms. The highest BCUT2D eigenvalue weighted by Crippen LogP contribution is 2.39. The van der Waals surface area contributed by atoms with E-state index < -0.39 is 18.3 Å². The van der Waals surface area contributed by atoms with Crippen LogP contribution in [0.15, 0.2) is 65.7 Å². The molecule has 27 heavy (non-hydrogen) atoms.